The second-order valence-electron chi connectivity index (χ2n) is 6.61. The van der Waals surface area contributed by atoms with Crippen LogP contribution in [0.2, 0.25) is 0 Å². The van der Waals surface area contributed by atoms with E-state index in [-0.39, 0.29) is 11.4 Å². The third-order valence-electron chi connectivity index (χ3n) is 4.33. The summed E-state index contributed by atoms with van der Waals surface area (Å²) in [4.78, 5) is 4.59. The van der Waals surface area contributed by atoms with Crippen LogP contribution in [0.3, 0.4) is 0 Å². The second kappa shape index (κ2) is 9.42. The number of nitrogens with zero attached hydrogens (tertiary/aromatic N) is 1. The highest BCUT2D eigenvalue weighted by Gasteiger charge is 2.13. The van der Waals surface area contributed by atoms with E-state index >= 15 is 0 Å². The molecule has 4 rings (SSSR count). The molecule has 0 saturated carbocycles. The summed E-state index contributed by atoms with van der Waals surface area (Å²) in [5.74, 6) is 2.51. The summed E-state index contributed by atoms with van der Waals surface area (Å²) in [6, 6.07) is 28.6. The number of benzene rings is 3. The van der Waals surface area contributed by atoms with Crippen molar-refractivity contribution in [2.45, 2.75) is 11.4 Å². The van der Waals surface area contributed by atoms with Crippen LogP contribution < -0.4 is 9.46 Å². The second-order valence-corrected chi connectivity index (χ2v) is 8.38. The zero-order valence-electron chi connectivity index (χ0n) is 16.5. The summed E-state index contributed by atoms with van der Waals surface area (Å²) in [6.45, 7) is 0.0522. The van der Waals surface area contributed by atoms with Crippen molar-refractivity contribution in [3.05, 3.63) is 109 Å². The van der Waals surface area contributed by atoms with Gasteiger partial charge in [-0.05, 0) is 60.7 Å². The molecule has 7 heteroatoms. The van der Waals surface area contributed by atoms with Gasteiger partial charge in [-0.25, -0.2) is 13.1 Å². The molecule has 0 saturated heterocycles. The normalized spacial score (nSPS) is 11.6. The predicted molar refractivity (Wildman–Crippen MR) is 119 cm³/mol. The number of para-hydroxylation sites is 1. The van der Waals surface area contributed by atoms with Crippen LogP contribution in [0.25, 0.3) is 0 Å². The third-order valence-corrected chi connectivity index (χ3v) is 5.75. The monoisotopic (exact) mass is 432 g/mol. The van der Waals surface area contributed by atoms with Crippen LogP contribution in [0.5, 0.6) is 11.5 Å². The maximum absolute atomic E-state index is 12.3. The van der Waals surface area contributed by atoms with Gasteiger partial charge in [-0.15, -0.1) is 0 Å². The molecule has 1 N–H and O–H groups in total. The van der Waals surface area contributed by atoms with Crippen molar-refractivity contribution < 1.29 is 17.6 Å². The van der Waals surface area contributed by atoms with Gasteiger partial charge in [-0.3, -0.25) is 4.99 Å². The highest BCUT2D eigenvalue weighted by atomic mass is 32.2. The number of ether oxygens (including phenoxy) is 1. The highest BCUT2D eigenvalue weighted by Crippen LogP contribution is 2.23. The van der Waals surface area contributed by atoms with Gasteiger partial charge in [0.15, 0.2) is 0 Å². The van der Waals surface area contributed by atoms with Gasteiger partial charge >= 0.3 is 0 Å². The molecule has 6 nitrogen and oxygen atoms in total. The first kappa shape index (κ1) is 20.6. The highest BCUT2D eigenvalue weighted by molar-refractivity contribution is 7.89. The smallest absolute Gasteiger partial charge is 0.240 e. The van der Waals surface area contributed by atoms with E-state index in [0.29, 0.717) is 11.5 Å². The van der Waals surface area contributed by atoms with Gasteiger partial charge in [0.1, 0.15) is 23.0 Å². The number of rotatable bonds is 8. The van der Waals surface area contributed by atoms with Gasteiger partial charge < -0.3 is 9.15 Å². The van der Waals surface area contributed by atoms with Crippen LogP contribution in [0, 0.1) is 0 Å². The van der Waals surface area contributed by atoms with Crippen LogP contribution in [0.15, 0.2) is 111 Å². The fraction of sp³-hybridized carbons (Fsp3) is 0.0417. The van der Waals surface area contributed by atoms with Gasteiger partial charge in [0.05, 0.1) is 23.3 Å². The molecule has 4 aromatic rings. The molecule has 0 spiro atoms. The average Bonchev–Trinajstić information content (AvgIpc) is 3.27. The Morgan fingerprint density at radius 3 is 2.16 bits per heavy atom. The summed E-state index contributed by atoms with van der Waals surface area (Å²) in [7, 11) is -3.59. The summed E-state index contributed by atoms with van der Waals surface area (Å²) >= 11 is 0. The Morgan fingerprint density at radius 2 is 1.45 bits per heavy atom. The maximum atomic E-state index is 12.3. The van der Waals surface area contributed by atoms with E-state index in [9.17, 15) is 8.42 Å². The van der Waals surface area contributed by atoms with E-state index in [2.05, 4.69) is 9.71 Å². The molecule has 0 radical (unpaired) electrons. The van der Waals surface area contributed by atoms with Crippen LogP contribution >= 0.6 is 0 Å². The van der Waals surface area contributed by atoms with Crippen molar-refractivity contribution in [1.29, 1.82) is 0 Å². The number of sulfonamides is 1. The minimum atomic E-state index is -3.59. The number of aliphatic imine (C=N–C) groups is 1. The minimum absolute atomic E-state index is 0.0522. The Labute approximate surface area is 180 Å². The molecular weight excluding hydrogens is 412 g/mol. The van der Waals surface area contributed by atoms with Gasteiger partial charge in [0.2, 0.25) is 10.0 Å². The minimum Gasteiger partial charge on any atom is -0.459 e. The van der Waals surface area contributed by atoms with E-state index in [1.54, 1.807) is 48.7 Å². The Hall–Kier alpha value is -3.68. The zero-order chi connectivity index (χ0) is 21.5. The summed E-state index contributed by atoms with van der Waals surface area (Å²) in [6.07, 6.45) is 1.59. The largest absolute Gasteiger partial charge is 0.459 e. The van der Waals surface area contributed by atoms with E-state index in [1.165, 1.54) is 0 Å². The first-order valence-electron chi connectivity index (χ1n) is 9.59. The standard InChI is InChI=1S/C24H20N2O4S/c27-31(28,24-9-5-2-6-10-24)26-18-23-16-15-22(30-23)17-25-19-11-13-21(14-12-19)29-20-7-3-1-4-8-20/h1-17,26H,18H2. The number of hydrogen-bond acceptors (Lipinski definition) is 5. The van der Waals surface area contributed by atoms with Crippen molar-refractivity contribution in [2.24, 2.45) is 4.99 Å². The van der Waals surface area contributed by atoms with Gasteiger partial charge in [0, 0.05) is 0 Å². The number of furan rings is 1. The molecule has 0 aliphatic rings. The molecule has 1 heterocycles. The maximum Gasteiger partial charge on any atom is 0.240 e. The van der Waals surface area contributed by atoms with Crippen LogP contribution in [-0.2, 0) is 16.6 Å². The summed E-state index contributed by atoms with van der Waals surface area (Å²) in [5, 5.41) is 0. The van der Waals surface area contributed by atoms with Crippen LogP contribution in [0.1, 0.15) is 11.5 Å². The lowest BCUT2D eigenvalue weighted by molar-refractivity contribution is 0.483. The molecular formula is C24H20N2O4S. The van der Waals surface area contributed by atoms with Crippen LogP contribution in [-0.4, -0.2) is 14.6 Å². The van der Waals surface area contributed by atoms with Crippen molar-refractivity contribution in [3.8, 4) is 11.5 Å². The van der Waals surface area contributed by atoms with E-state index < -0.39 is 10.0 Å². The number of nitrogens with one attached hydrogen (secondary N) is 1. The Kier molecular flexibility index (Phi) is 6.26. The van der Waals surface area contributed by atoms with E-state index in [0.717, 1.165) is 17.2 Å². The zero-order valence-corrected chi connectivity index (χ0v) is 17.3. The molecule has 0 aliphatic heterocycles. The summed E-state index contributed by atoms with van der Waals surface area (Å²) in [5.41, 5.74) is 0.739. The third kappa shape index (κ3) is 5.69. The first-order valence-corrected chi connectivity index (χ1v) is 11.1. The number of hydrogen-bond donors (Lipinski definition) is 1. The fourth-order valence-electron chi connectivity index (χ4n) is 2.77. The molecule has 0 fully saturated rings. The van der Waals surface area contributed by atoms with Crippen molar-refractivity contribution >= 4 is 21.9 Å². The molecule has 1 aromatic heterocycles. The molecule has 0 atom stereocenters. The molecule has 0 bridgehead atoms. The lowest BCUT2D eigenvalue weighted by Crippen LogP contribution is -2.22. The quantitative estimate of drug-likeness (QED) is 0.383. The van der Waals surface area contributed by atoms with Gasteiger partial charge in [-0.1, -0.05) is 36.4 Å². The molecule has 3 aromatic carbocycles. The van der Waals surface area contributed by atoms with E-state index in [4.69, 9.17) is 9.15 Å². The van der Waals surface area contributed by atoms with Gasteiger partial charge in [-0.2, -0.15) is 0 Å². The molecule has 31 heavy (non-hydrogen) atoms. The van der Waals surface area contributed by atoms with E-state index in [1.807, 2.05) is 54.6 Å². The average molecular weight is 433 g/mol. The van der Waals surface area contributed by atoms with Gasteiger partial charge in [0.25, 0.3) is 0 Å². The van der Waals surface area contributed by atoms with Crippen LogP contribution in [0.4, 0.5) is 5.69 Å². The van der Waals surface area contributed by atoms with Crippen molar-refractivity contribution in [3.63, 3.8) is 0 Å². The fourth-order valence-corrected chi connectivity index (χ4v) is 3.79. The molecule has 156 valence electrons. The Bertz CT molecular complexity index is 1250. The lowest BCUT2D eigenvalue weighted by atomic mass is 10.3. The predicted octanol–water partition coefficient (Wildman–Crippen LogP) is 5.30. The summed E-state index contributed by atoms with van der Waals surface area (Å²) < 4.78 is 38.5. The Morgan fingerprint density at radius 1 is 0.806 bits per heavy atom. The SMILES string of the molecule is O=S(=O)(NCc1ccc(C=Nc2ccc(Oc3ccccc3)cc2)o1)c1ccccc1. The lowest BCUT2D eigenvalue weighted by Gasteiger charge is -2.05. The molecule has 0 amide bonds. The topological polar surface area (TPSA) is 80.9 Å². The Balaban J connectivity index is 1.34. The first-order chi connectivity index (χ1) is 15.1. The van der Waals surface area contributed by atoms with Crippen molar-refractivity contribution in [1.82, 2.24) is 4.72 Å². The molecule has 0 unspecified atom stereocenters. The molecule has 0 aliphatic carbocycles. The van der Waals surface area contributed by atoms with Crippen molar-refractivity contribution in [2.75, 3.05) is 0 Å².